The van der Waals surface area contributed by atoms with Crippen molar-refractivity contribution in [2.24, 2.45) is 4.99 Å². The molecule has 0 aromatic carbocycles. The lowest BCUT2D eigenvalue weighted by Crippen LogP contribution is -2.41. The second kappa shape index (κ2) is 9.61. The van der Waals surface area contributed by atoms with E-state index in [2.05, 4.69) is 48.5 Å². The second-order valence-electron chi connectivity index (χ2n) is 4.10. The van der Waals surface area contributed by atoms with Crippen LogP contribution in [0.5, 0.6) is 0 Å². The third-order valence-corrected chi connectivity index (χ3v) is 3.94. The average molecular weight is 381 g/mol. The van der Waals surface area contributed by atoms with Crippen molar-refractivity contribution < 1.29 is 0 Å². The number of aryl methyl sites for hydroxylation is 1. The molecule has 0 aliphatic carbocycles. The maximum Gasteiger partial charge on any atom is 0.191 e. The minimum atomic E-state index is 0. The Hall–Kier alpha value is -0.300. The lowest BCUT2D eigenvalue weighted by Gasteiger charge is -2.15. The molecule has 0 saturated carbocycles. The standard InChI is InChI=1S/C13H23N3S.HI/c1-5-10(3)16-13(14-4)15-9-12-8-7-11(6-2)17-12;/h7-8,10H,5-6,9H2,1-4H3,(H2,14,15,16);1H. The van der Waals surface area contributed by atoms with Gasteiger partial charge in [0.05, 0.1) is 6.54 Å². The number of rotatable bonds is 5. The van der Waals surface area contributed by atoms with Crippen LogP contribution in [0.25, 0.3) is 0 Å². The van der Waals surface area contributed by atoms with Crippen LogP contribution in [-0.2, 0) is 13.0 Å². The highest BCUT2D eigenvalue weighted by molar-refractivity contribution is 14.0. The van der Waals surface area contributed by atoms with E-state index >= 15 is 0 Å². The molecule has 0 fully saturated rings. The third-order valence-electron chi connectivity index (χ3n) is 2.71. The molecule has 1 rings (SSSR count). The monoisotopic (exact) mass is 381 g/mol. The van der Waals surface area contributed by atoms with E-state index in [9.17, 15) is 0 Å². The fraction of sp³-hybridized carbons (Fsp3) is 0.615. The van der Waals surface area contributed by atoms with Gasteiger partial charge in [0.15, 0.2) is 5.96 Å². The van der Waals surface area contributed by atoms with Crippen LogP contribution in [0.2, 0.25) is 0 Å². The fourth-order valence-electron chi connectivity index (χ4n) is 1.41. The largest absolute Gasteiger partial charge is 0.354 e. The van der Waals surface area contributed by atoms with Gasteiger partial charge in [0.1, 0.15) is 0 Å². The van der Waals surface area contributed by atoms with Crippen LogP contribution in [0.15, 0.2) is 17.1 Å². The molecule has 104 valence electrons. The molecule has 0 aliphatic heterocycles. The Kier molecular flexibility index (Phi) is 9.45. The molecule has 1 heterocycles. The molecule has 0 saturated heterocycles. The van der Waals surface area contributed by atoms with E-state index in [4.69, 9.17) is 0 Å². The van der Waals surface area contributed by atoms with Gasteiger partial charge in [-0.15, -0.1) is 35.3 Å². The van der Waals surface area contributed by atoms with Gasteiger partial charge in [-0.2, -0.15) is 0 Å². The molecule has 0 spiro atoms. The Morgan fingerprint density at radius 1 is 1.33 bits per heavy atom. The van der Waals surface area contributed by atoms with E-state index in [1.165, 1.54) is 9.75 Å². The highest BCUT2D eigenvalue weighted by Gasteiger charge is 2.03. The summed E-state index contributed by atoms with van der Waals surface area (Å²) in [6.07, 6.45) is 2.21. The minimum Gasteiger partial charge on any atom is -0.354 e. The molecule has 2 N–H and O–H groups in total. The van der Waals surface area contributed by atoms with Crippen LogP contribution in [0.4, 0.5) is 0 Å². The Labute approximate surface area is 131 Å². The van der Waals surface area contributed by atoms with Gasteiger partial charge >= 0.3 is 0 Å². The molecule has 1 unspecified atom stereocenters. The van der Waals surface area contributed by atoms with Gasteiger partial charge in [-0.1, -0.05) is 13.8 Å². The van der Waals surface area contributed by atoms with Crippen molar-refractivity contribution in [2.45, 2.75) is 46.2 Å². The maximum absolute atomic E-state index is 4.22. The van der Waals surface area contributed by atoms with Crippen LogP contribution in [0, 0.1) is 0 Å². The molecular weight excluding hydrogens is 357 g/mol. The van der Waals surface area contributed by atoms with E-state index in [0.29, 0.717) is 6.04 Å². The zero-order chi connectivity index (χ0) is 12.7. The predicted octanol–water partition coefficient (Wildman–Crippen LogP) is 3.39. The number of guanidine groups is 1. The fourth-order valence-corrected chi connectivity index (χ4v) is 2.31. The summed E-state index contributed by atoms with van der Waals surface area (Å²) >= 11 is 1.86. The number of aliphatic imine (C=N–C) groups is 1. The quantitative estimate of drug-likeness (QED) is 0.466. The number of thiophene rings is 1. The van der Waals surface area contributed by atoms with E-state index in [1.807, 2.05) is 18.4 Å². The summed E-state index contributed by atoms with van der Waals surface area (Å²) in [6.45, 7) is 7.36. The number of hydrogen-bond donors (Lipinski definition) is 2. The van der Waals surface area contributed by atoms with Gasteiger partial charge < -0.3 is 10.6 Å². The van der Waals surface area contributed by atoms with Crippen molar-refractivity contribution in [3.8, 4) is 0 Å². The zero-order valence-electron chi connectivity index (χ0n) is 11.6. The molecular formula is C13H24IN3S. The molecule has 1 atom stereocenters. The van der Waals surface area contributed by atoms with Crippen molar-refractivity contribution in [3.05, 3.63) is 21.9 Å². The number of hydrogen-bond acceptors (Lipinski definition) is 2. The summed E-state index contributed by atoms with van der Waals surface area (Å²) in [4.78, 5) is 7.01. The normalized spacial score (nSPS) is 12.8. The molecule has 0 amide bonds. The lowest BCUT2D eigenvalue weighted by molar-refractivity contribution is 0.624. The summed E-state index contributed by atoms with van der Waals surface area (Å²) in [5.74, 6) is 0.880. The smallest absolute Gasteiger partial charge is 0.191 e. The number of halogens is 1. The van der Waals surface area contributed by atoms with Crippen LogP contribution in [0.1, 0.15) is 36.9 Å². The molecule has 18 heavy (non-hydrogen) atoms. The summed E-state index contributed by atoms with van der Waals surface area (Å²) in [7, 11) is 1.81. The van der Waals surface area contributed by atoms with Crippen molar-refractivity contribution >= 4 is 41.3 Å². The van der Waals surface area contributed by atoms with Crippen LogP contribution >= 0.6 is 35.3 Å². The topological polar surface area (TPSA) is 36.4 Å². The van der Waals surface area contributed by atoms with Gasteiger partial charge in [-0.3, -0.25) is 4.99 Å². The van der Waals surface area contributed by atoms with Crippen molar-refractivity contribution in [1.82, 2.24) is 10.6 Å². The average Bonchev–Trinajstić information content (AvgIpc) is 2.82. The van der Waals surface area contributed by atoms with Gasteiger partial charge in [0, 0.05) is 22.8 Å². The molecule has 1 aromatic rings. The van der Waals surface area contributed by atoms with E-state index in [0.717, 1.165) is 25.3 Å². The molecule has 5 heteroatoms. The number of nitrogens with one attached hydrogen (secondary N) is 2. The summed E-state index contributed by atoms with van der Waals surface area (Å²) in [6, 6.07) is 4.84. The Morgan fingerprint density at radius 3 is 2.50 bits per heavy atom. The lowest BCUT2D eigenvalue weighted by atomic mass is 10.3. The third kappa shape index (κ3) is 6.04. The SMILES string of the molecule is CCc1ccc(CNC(=NC)NC(C)CC)s1.I. The molecule has 0 radical (unpaired) electrons. The van der Waals surface area contributed by atoms with Gasteiger partial charge in [-0.05, 0) is 31.9 Å². The molecule has 1 aromatic heterocycles. The van der Waals surface area contributed by atoms with Crippen molar-refractivity contribution in [2.75, 3.05) is 7.05 Å². The van der Waals surface area contributed by atoms with E-state index in [1.54, 1.807) is 0 Å². The predicted molar refractivity (Wildman–Crippen MR) is 92.2 cm³/mol. The van der Waals surface area contributed by atoms with Crippen LogP contribution < -0.4 is 10.6 Å². The first kappa shape index (κ1) is 17.7. The highest BCUT2D eigenvalue weighted by Crippen LogP contribution is 2.16. The summed E-state index contributed by atoms with van der Waals surface area (Å²) in [5, 5.41) is 6.69. The van der Waals surface area contributed by atoms with E-state index in [-0.39, 0.29) is 24.0 Å². The van der Waals surface area contributed by atoms with Gasteiger partial charge in [0.25, 0.3) is 0 Å². The highest BCUT2D eigenvalue weighted by atomic mass is 127. The maximum atomic E-state index is 4.22. The number of nitrogens with zero attached hydrogens (tertiary/aromatic N) is 1. The van der Waals surface area contributed by atoms with Crippen LogP contribution in [-0.4, -0.2) is 19.0 Å². The van der Waals surface area contributed by atoms with Crippen molar-refractivity contribution in [1.29, 1.82) is 0 Å². The Bertz CT molecular complexity index is 363. The molecule has 0 bridgehead atoms. The van der Waals surface area contributed by atoms with Gasteiger partial charge in [0.2, 0.25) is 0 Å². The second-order valence-corrected chi connectivity index (χ2v) is 5.35. The van der Waals surface area contributed by atoms with Crippen LogP contribution in [0.3, 0.4) is 0 Å². The first-order valence-corrected chi connectivity index (χ1v) is 7.06. The molecule has 0 aliphatic rings. The van der Waals surface area contributed by atoms with E-state index < -0.39 is 0 Å². The summed E-state index contributed by atoms with van der Waals surface area (Å²) < 4.78 is 0. The summed E-state index contributed by atoms with van der Waals surface area (Å²) in [5.41, 5.74) is 0. The Balaban J connectivity index is 0.00000289. The first-order valence-electron chi connectivity index (χ1n) is 6.24. The van der Waals surface area contributed by atoms with Gasteiger partial charge in [-0.25, -0.2) is 0 Å². The molecule has 3 nitrogen and oxygen atoms in total. The minimum absolute atomic E-state index is 0. The Morgan fingerprint density at radius 2 is 2.00 bits per heavy atom. The zero-order valence-corrected chi connectivity index (χ0v) is 14.8. The first-order chi connectivity index (χ1) is 8.19. The van der Waals surface area contributed by atoms with Crippen molar-refractivity contribution in [3.63, 3.8) is 0 Å².